The molecule has 0 spiro atoms. The summed E-state index contributed by atoms with van der Waals surface area (Å²) in [5, 5.41) is 6.18. The second kappa shape index (κ2) is 6.82. The summed E-state index contributed by atoms with van der Waals surface area (Å²) in [5.41, 5.74) is 5.57. The number of hydrogen-bond donors (Lipinski definition) is 3. The highest BCUT2D eigenvalue weighted by atomic mass is 32.2. The number of aryl methyl sites for hydroxylation is 2. The van der Waals surface area contributed by atoms with Crippen LogP contribution in [0.15, 0.2) is 9.42 Å². The van der Waals surface area contributed by atoms with E-state index < -0.39 is 22.0 Å². The van der Waals surface area contributed by atoms with Crippen LogP contribution in [0, 0.1) is 13.8 Å². The Kier molecular flexibility index (Phi) is 5.66. The zero-order valence-corrected chi connectivity index (χ0v) is 12.6. The molecule has 8 nitrogen and oxygen atoms in total. The molecule has 0 aliphatic rings. The van der Waals surface area contributed by atoms with Gasteiger partial charge in [-0.15, -0.1) is 0 Å². The number of nitrogens with one attached hydrogen (secondary N) is 2. The average molecular weight is 304 g/mol. The normalized spacial score (nSPS) is 13.2. The predicted octanol–water partition coefficient (Wildman–Crippen LogP) is -0.577. The van der Waals surface area contributed by atoms with Crippen LogP contribution in [0.3, 0.4) is 0 Å². The fourth-order valence-corrected chi connectivity index (χ4v) is 3.20. The second-order valence-corrected chi connectivity index (χ2v) is 6.08. The van der Waals surface area contributed by atoms with Gasteiger partial charge in [-0.3, -0.25) is 4.79 Å². The molecule has 0 saturated heterocycles. The molecule has 1 rings (SSSR count). The minimum absolute atomic E-state index is 0.0286. The van der Waals surface area contributed by atoms with Crippen LogP contribution in [0.2, 0.25) is 0 Å². The maximum atomic E-state index is 12.2. The number of amides is 1. The Labute approximate surface area is 118 Å². The van der Waals surface area contributed by atoms with E-state index in [2.05, 4.69) is 15.2 Å². The third kappa shape index (κ3) is 4.02. The van der Waals surface area contributed by atoms with Crippen molar-refractivity contribution in [2.24, 2.45) is 5.73 Å². The molecule has 0 radical (unpaired) electrons. The third-order valence-corrected chi connectivity index (χ3v) is 4.43. The van der Waals surface area contributed by atoms with Crippen molar-refractivity contribution in [3.63, 3.8) is 0 Å². The molecule has 1 amide bonds. The van der Waals surface area contributed by atoms with E-state index in [1.54, 1.807) is 0 Å². The van der Waals surface area contributed by atoms with E-state index in [0.29, 0.717) is 19.5 Å². The van der Waals surface area contributed by atoms with Crippen molar-refractivity contribution in [2.45, 2.75) is 38.1 Å². The first-order valence-corrected chi connectivity index (χ1v) is 7.71. The topological polar surface area (TPSA) is 127 Å². The summed E-state index contributed by atoms with van der Waals surface area (Å²) in [4.78, 5) is 11.7. The summed E-state index contributed by atoms with van der Waals surface area (Å²) < 4.78 is 31.5. The molecule has 1 atom stereocenters. The van der Waals surface area contributed by atoms with Crippen LogP contribution in [0.25, 0.3) is 0 Å². The fraction of sp³-hybridized carbons (Fsp3) is 0.636. The van der Waals surface area contributed by atoms with Gasteiger partial charge in [0, 0.05) is 6.54 Å². The molecule has 1 aromatic rings. The lowest BCUT2D eigenvalue weighted by molar-refractivity contribution is -0.122. The Hall–Kier alpha value is -1.45. The number of carbonyl (C=O) groups excluding carboxylic acids is 1. The van der Waals surface area contributed by atoms with Crippen LogP contribution < -0.4 is 15.8 Å². The molecule has 0 fully saturated rings. The number of rotatable bonds is 7. The second-order valence-electron chi connectivity index (χ2n) is 4.43. The lowest BCUT2D eigenvalue weighted by Gasteiger charge is -2.14. The van der Waals surface area contributed by atoms with Gasteiger partial charge in [0.25, 0.3) is 0 Å². The lowest BCUT2D eigenvalue weighted by Crippen LogP contribution is -2.45. The molecule has 20 heavy (non-hydrogen) atoms. The van der Waals surface area contributed by atoms with Gasteiger partial charge >= 0.3 is 0 Å². The van der Waals surface area contributed by atoms with Gasteiger partial charge in [-0.25, -0.2) is 8.42 Å². The summed E-state index contributed by atoms with van der Waals surface area (Å²) in [6.45, 7) is 5.36. The smallest absolute Gasteiger partial charge is 0.246 e. The Bertz CT molecular complexity index is 547. The van der Waals surface area contributed by atoms with E-state index in [4.69, 9.17) is 10.3 Å². The Balaban J connectivity index is 2.74. The first-order chi connectivity index (χ1) is 9.29. The van der Waals surface area contributed by atoms with E-state index in [0.717, 1.165) is 0 Å². The Morgan fingerprint density at radius 3 is 2.60 bits per heavy atom. The van der Waals surface area contributed by atoms with Crippen molar-refractivity contribution < 1.29 is 17.7 Å². The van der Waals surface area contributed by atoms with Crippen LogP contribution in [0.4, 0.5) is 0 Å². The van der Waals surface area contributed by atoms with Crippen molar-refractivity contribution in [1.29, 1.82) is 0 Å². The maximum Gasteiger partial charge on any atom is 0.246 e. The molecule has 0 aromatic carbocycles. The van der Waals surface area contributed by atoms with Crippen molar-refractivity contribution in [3.8, 4) is 0 Å². The minimum Gasteiger partial charge on any atom is -0.360 e. The molecule has 4 N–H and O–H groups in total. The zero-order valence-electron chi connectivity index (χ0n) is 11.8. The highest BCUT2D eigenvalue weighted by Crippen LogP contribution is 2.18. The van der Waals surface area contributed by atoms with Crippen molar-refractivity contribution in [2.75, 3.05) is 13.1 Å². The molecule has 0 bridgehead atoms. The van der Waals surface area contributed by atoms with Crippen LogP contribution in [-0.4, -0.2) is 38.6 Å². The van der Waals surface area contributed by atoms with Gasteiger partial charge in [0.1, 0.15) is 10.6 Å². The largest absolute Gasteiger partial charge is 0.360 e. The standard InChI is InChI=1S/C11H20N4O4S/c1-7-10(9(3)19-14-7)20(17,18)15-8(2)11(16)13-6-4-5-12/h8,15H,4-6,12H2,1-3H3,(H,13,16). The first-order valence-electron chi connectivity index (χ1n) is 6.22. The molecule has 1 heterocycles. The third-order valence-electron chi connectivity index (χ3n) is 2.64. The molecular formula is C11H20N4O4S. The summed E-state index contributed by atoms with van der Waals surface area (Å²) in [5.74, 6) is -0.223. The summed E-state index contributed by atoms with van der Waals surface area (Å²) in [6, 6.07) is -0.897. The van der Waals surface area contributed by atoms with Crippen LogP contribution in [0.1, 0.15) is 24.8 Å². The van der Waals surface area contributed by atoms with Crippen molar-refractivity contribution in [1.82, 2.24) is 15.2 Å². The van der Waals surface area contributed by atoms with E-state index in [1.807, 2.05) is 0 Å². The molecule has 114 valence electrons. The number of carbonyl (C=O) groups is 1. The highest BCUT2D eigenvalue weighted by Gasteiger charge is 2.27. The SMILES string of the molecule is Cc1noc(C)c1S(=O)(=O)NC(C)C(=O)NCCCN. The first kappa shape index (κ1) is 16.6. The summed E-state index contributed by atoms with van der Waals surface area (Å²) in [6.07, 6.45) is 0.634. The monoisotopic (exact) mass is 304 g/mol. The molecule has 1 unspecified atom stereocenters. The highest BCUT2D eigenvalue weighted by molar-refractivity contribution is 7.89. The molecule has 1 aromatic heterocycles. The molecule has 0 aliphatic heterocycles. The van der Waals surface area contributed by atoms with Crippen LogP contribution in [-0.2, 0) is 14.8 Å². The Morgan fingerprint density at radius 1 is 1.45 bits per heavy atom. The molecule has 0 saturated carbocycles. The molecule has 0 aliphatic carbocycles. The molecule has 9 heteroatoms. The molecular weight excluding hydrogens is 284 g/mol. The van der Waals surface area contributed by atoms with Crippen LogP contribution in [0.5, 0.6) is 0 Å². The fourth-order valence-electron chi connectivity index (χ4n) is 1.67. The van der Waals surface area contributed by atoms with Gasteiger partial charge in [0.15, 0.2) is 5.76 Å². The van der Waals surface area contributed by atoms with Gasteiger partial charge in [-0.05, 0) is 33.7 Å². The minimum atomic E-state index is -3.84. The van der Waals surface area contributed by atoms with Gasteiger partial charge in [-0.1, -0.05) is 5.16 Å². The van der Waals surface area contributed by atoms with E-state index in [9.17, 15) is 13.2 Å². The van der Waals surface area contributed by atoms with E-state index in [-0.39, 0.29) is 16.3 Å². The number of nitrogens with two attached hydrogens (primary N) is 1. The van der Waals surface area contributed by atoms with E-state index in [1.165, 1.54) is 20.8 Å². The number of aromatic nitrogens is 1. The van der Waals surface area contributed by atoms with Gasteiger partial charge < -0.3 is 15.6 Å². The summed E-state index contributed by atoms with van der Waals surface area (Å²) in [7, 11) is -3.84. The number of hydrogen-bond acceptors (Lipinski definition) is 6. The quantitative estimate of drug-likeness (QED) is 0.578. The van der Waals surface area contributed by atoms with Crippen molar-refractivity contribution in [3.05, 3.63) is 11.5 Å². The zero-order chi connectivity index (χ0) is 15.3. The van der Waals surface area contributed by atoms with Gasteiger partial charge in [-0.2, -0.15) is 4.72 Å². The van der Waals surface area contributed by atoms with E-state index >= 15 is 0 Å². The van der Waals surface area contributed by atoms with Gasteiger partial charge in [0.05, 0.1) is 6.04 Å². The number of sulfonamides is 1. The average Bonchev–Trinajstić information content (AvgIpc) is 2.69. The summed E-state index contributed by atoms with van der Waals surface area (Å²) >= 11 is 0. The number of nitrogens with zero attached hydrogens (tertiary/aromatic N) is 1. The van der Waals surface area contributed by atoms with Gasteiger partial charge in [0.2, 0.25) is 15.9 Å². The predicted molar refractivity (Wildman–Crippen MR) is 72.4 cm³/mol. The maximum absolute atomic E-state index is 12.2. The lowest BCUT2D eigenvalue weighted by atomic mass is 10.3. The Morgan fingerprint density at radius 2 is 2.10 bits per heavy atom. The van der Waals surface area contributed by atoms with Crippen molar-refractivity contribution >= 4 is 15.9 Å². The van der Waals surface area contributed by atoms with Crippen LogP contribution >= 0.6 is 0 Å².